The number of nitrogens with zero attached hydrogens (tertiary/aromatic N) is 2. The third-order valence-electron chi connectivity index (χ3n) is 4.79. The highest BCUT2D eigenvalue weighted by Gasteiger charge is 2.28. The van der Waals surface area contributed by atoms with E-state index in [1.54, 1.807) is 24.3 Å². The molecule has 3 N–H and O–H groups in total. The normalized spacial score (nSPS) is 16.2. The lowest BCUT2D eigenvalue weighted by Gasteiger charge is -2.14. The van der Waals surface area contributed by atoms with Crippen molar-refractivity contribution in [3.8, 4) is 0 Å². The summed E-state index contributed by atoms with van der Waals surface area (Å²) in [4.78, 5) is 37.2. The molecule has 8 heteroatoms. The fourth-order valence-electron chi connectivity index (χ4n) is 3.34. The number of fused-ring (bicyclic) bond motifs is 1. The maximum Gasteiger partial charge on any atom is 0.254 e. The van der Waals surface area contributed by atoms with Crippen molar-refractivity contribution < 1.29 is 14.4 Å². The number of para-hydroxylation sites is 1. The monoisotopic (exact) mass is 383 g/mol. The number of aryl methyl sites for hydroxylation is 1. The van der Waals surface area contributed by atoms with E-state index in [0.717, 1.165) is 11.4 Å². The van der Waals surface area contributed by atoms with Crippen LogP contribution >= 0.6 is 0 Å². The van der Waals surface area contributed by atoms with Gasteiger partial charge in [0.05, 0.1) is 28.3 Å². The van der Waals surface area contributed by atoms with Gasteiger partial charge in [0.25, 0.3) is 5.91 Å². The van der Waals surface area contributed by atoms with Gasteiger partial charge in [0.1, 0.15) is 6.04 Å². The van der Waals surface area contributed by atoms with Gasteiger partial charge in [-0.3, -0.25) is 19.1 Å². The zero-order valence-corrected chi connectivity index (χ0v) is 16.5. The number of nitrogens with one attached hydrogen (secondary N) is 3. The molecule has 28 heavy (non-hydrogen) atoms. The molecule has 0 bridgehead atoms. The Labute approximate surface area is 163 Å². The number of anilines is 2. The van der Waals surface area contributed by atoms with Crippen LogP contribution < -0.4 is 16.0 Å². The van der Waals surface area contributed by atoms with Gasteiger partial charge < -0.3 is 16.0 Å². The molecule has 1 aliphatic rings. The second-order valence-electron chi connectivity index (χ2n) is 7.23. The third-order valence-corrected chi connectivity index (χ3v) is 4.79. The van der Waals surface area contributed by atoms with Crippen molar-refractivity contribution in [3.05, 3.63) is 41.2 Å². The molecule has 3 amide bonds. The van der Waals surface area contributed by atoms with Crippen molar-refractivity contribution in [2.45, 2.75) is 52.6 Å². The Balaban J connectivity index is 1.64. The Morgan fingerprint density at radius 2 is 1.96 bits per heavy atom. The molecule has 8 nitrogen and oxygen atoms in total. The first-order chi connectivity index (χ1) is 13.3. The number of hydrogen-bond donors (Lipinski definition) is 3. The zero-order chi connectivity index (χ0) is 20.4. The summed E-state index contributed by atoms with van der Waals surface area (Å²) in [5.41, 5.74) is 3.22. The van der Waals surface area contributed by atoms with Crippen molar-refractivity contribution in [2.24, 2.45) is 0 Å². The number of aromatic nitrogens is 2. The van der Waals surface area contributed by atoms with Crippen molar-refractivity contribution >= 4 is 29.1 Å². The minimum absolute atomic E-state index is 0.0977. The molecule has 2 aromatic rings. The summed E-state index contributed by atoms with van der Waals surface area (Å²) in [5.74, 6) is -0.881. The van der Waals surface area contributed by atoms with Gasteiger partial charge >= 0.3 is 0 Å². The summed E-state index contributed by atoms with van der Waals surface area (Å²) in [7, 11) is 0. The van der Waals surface area contributed by atoms with Crippen molar-refractivity contribution in [1.82, 2.24) is 15.1 Å². The lowest BCUT2D eigenvalue weighted by atomic mass is 10.1. The van der Waals surface area contributed by atoms with Crippen molar-refractivity contribution in [3.63, 3.8) is 0 Å². The van der Waals surface area contributed by atoms with Gasteiger partial charge in [-0.25, -0.2) is 0 Å². The molecule has 0 spiro atoms. The van der Waals surface area contributed by atoms with E-state index in [-0.39, 0.29) is 36.6 Å². The number of amides is 3. The quantitative estimate of drug-likeness (QED) is 0.738. The molecule has 0 saturated heterocycles. The van der Waals surface area contributed by atoms with Crippen LogP contribution in [0.15, 0.2) is 24.3 Å². The summed E-state index contributed by atoms with van der Waals surface area (Å²) < 4.78 is 1.86. The molecule has 1 aromatic heterocycles. The van der Waals surface area contributed by atoms with Crippen LogP contribution in [0.25, 0.3) is 0 Å². The minimum Gasteiger partial charge on any atom is -0.340 e. The van der Waals surface area contributed by atoms with Gasteiger partial charge in [-0.1, -0.05) is 12.1 Å². The standard InChI is InChI=1S/C20H25N5O3/c1-11(2)25-13(4)18(12(3)24-25)23-17(26)10-9-16-20(28)21-15-8-6-5-7-14(15)19(27)22-16/h5-8,11,16H,9-10H2,1-4H3,(H,21,28)(H,22,27)(H,23,26)/t16-/m1/s1. The molecular formula is C20H25N5O3. The topological polar surface area (TPSA) is 105 Å². The van der Waals surface area contributed by atoms with E-state index in [4.69, 9.17) is 0 Å². The average molecular weight is 383 g/mol. The highest BCUT2D eigenvalue weighted by molar-refractivity contribution is 6.10. The van der Waals surface area contributed by atoms with Crippen LogP contribution in [0.4, 0.5) is 11.4 Å². The van der Waals surface area contributed by atoms with E-state index in [9.17, 15) is 14.4 Å². The van der Waals surface area contributed by atoms with E-state index in [1.165, 1.54) is 0 Å². The largest absolute Gasteiger partial charge is 0.340 e. The van der Waals surface area contributed by atoms with E-state index in [2.05, 4.69) is 21.0 Å². The fraction of sp³-hybridized carbons (Fsp3) is 0.400. The maximum absolute atomic E-state index is 12.4. The molecule has 0 fully saturated rings. The van der Waals surface area contributed by atoms with Gasteiger partial charge in [-0.2, -0.15) is 5.10 Å². The summed E-state index contributed by atoms with van der Waals surface area (Å²) in [6, 6.07) is 6.24. The molecule has 2 heterocycles. The highest BCUT2D eigenvalue weighted by atomic mass is 16.2. The molecule has 148 valence electrons. The smallest absolute Gasteiger partial charge is 0.254 e. The molecule has 0 saturated carbocycles. The summed E-state index contributed by atoms with van der Waals surface area (Å²) in [5, 5.41) is 12.8. The average Bonchev–Trinajstić information content (AvgIpc) is 2.86. The molecule has 1 atom stereocenters. The maximum atomic E-state index is 12.4. The predicted octanol–water partition coefficient (Wildman–Crippen LogP) is 2.55. The Bertz CT molecular complexity index is 932. The molecule has 0 unspecified atom stereocenters. The summed E-state index contributed by atoms with van der Waals surface area (Å²) in [6.07, 6.45) is 0.300. The van der Waals surface area contributed by atoms with Crippen LogP contribution in [0.5, 0.6) is 0 Å². The van der Waals surface area contributed by atoms with Gasteiger partial charge in [0, 0.05) is 12.5 Å². The molecule has 1 aromatic carbocycles. The van der Waals surface area contributed by atoms with Gasteiger partial charge in [0.15, 0.2) is 0 Å². The molecule has 0 aliphatic carbocycles. The van der Waals surface area contributed by atoms with E-state index in [1.807, 2.05) is 32.4 Å². The number of carbonyl (C=O) groups excluding carboxylic acids is 3. The van der Waals surface area contributed by atoms with Crippen LogP contribution in [-0.2, 0) is 9.59 Å². The number of hydrogen-bond acceptors (Lipinski definition) is 4. The zero-order valence-electron chi connectivity index (χ0n) is 16.5. The van der Waals surface area contributed by atoms with E-state index in [0.29, 0.717) is 16.9 Å². The third kappa shape index (κ3) is 3.90. The van der Waals surface area contributed by atoms with E-state index < -0.39 is 6.04 Å². The second-order valence-corrected chi connectivity index (χ2v) is 7.23. The van der Waals surface area contributed by atoms with Crippen LogP contribution in [0.2, 0.25) is 0 Å². The first-order valence-corrected chi connectivity index (χ1v) is 9.34. The lowest BCUT2D eigenvalue weighted by Crippen LogP contribution is -2.41. The molecule has 3 rings (SSSR count). The van der Waals surface area contributed by atoms with Gasteiger partial charge in [0.2, 0.25) is 11.8 Å². The van der Waals surface area contributed by atoms with Gasteiger partial charge in [-0.05, 0) is 46.2 Å². The number of benzene rings is 1. The number of rotatable bonds is 5. The Hall–Kier alpha value is -3.16. The Kier molecular flexibility index (Phi) is 5.48. The minimum atomic E-state index is -0.772. The van der Waals surface area contributed by atoms with Gasteiger partial charge in [-0.15, -0.1) is 0 Å². The predicted molar refractivity (Wildman–Crippen MR) is 106 cm³/mol. The van der Waals surface area contributed by atoms with Crippen molar-refractivity contribution in [2.75, 3.05) is 10.6 Å². The molecule has 0 radical (unpaired) electrons. The van der Waals surface area contributed by atoms with Crippen molar-refractivity contribution in [1.29, 1.82) is 0 Å². The molecule has 1 aliphatic heterocycles. The first-order valence-electron chi connectivity index (χ1n) is 9.34. The SMILES string of the molecule is Cc1nn(C(C)C)c(C)c1NC(=O)CC[C@H]1NC(=O)c2ccccc2NC1=O. The summed E-state index contributed by atoms with van der Waals surface area (Å²) >= 11 is 0. The van der Waals surface area contributed by atoms with Crippen LogP contribution in [0.3, 0.4) is 0 Å². The van der Waals surface area contributed by atoms with Crippen LogP contribution in [-0.4, -0.2) is 33.5 Å². The van der Waals surface area contributed by atoms with Crippen LogP contribution in [0, 0.1) is 13.8 Å². The highest BCUT2D eigenvalue weighted by Crippen LogP contribution is 2.23. The second kappa shape index (κ2) is 7.84. The fourth-order valence-corrected chi connectivity index (χ4v) is 3.34. The van der Waals surface area contributed by atoms with Crippen LogP contribution in [0.1, 0.15) is 54.5 Å². The Morgan fingerprint density at radius 1 is 1.25 bits per heavy atom. The lowest BCUT2D eigenvalue weighted by molar-refractivity contribution is -0.118. The summed E-state index contributed by atoms with van der Waals surface area (Å²) in [6.45, 7) is 7.80. The molecular weight excluding hydrogens is 358 g/mol. The van der Waals surface area contributed by atoms with E-state index >= 15 is 0 Å². The Morgan fingerprint density at radius 3 is 2.64 bits per heavy atom. The number of carbonyl (C=O) groups is 3. The first kappa shape index (κ1) is 19.6.